The molecule has 5 rings (SSSR count). The van der Waals surface area contributed by atoms with E-state index in [4.69, 9.17) is 4.52 Å². The highest BCUT2D eigenvalue weighted by molar-refractivity contribution is 7.88. The summed E-state index contributed by atoms with van der Waals surface area (Å²) in [5.74, 6) is 1.90. The van der Waals surface area contributed by atoms with Crippen LogP contribution >= 0.6 is 0 Å². The van der Waals surface area contributed by atoms with E-state index >= 15 is 0 Å². The first kappa shape index (κ1) is 19.6. The highest BCUT2D eigenvalue weighted by Gasteiger charge is 2.29. The fraction of sp³-hybridized carbons (Fsp3) is 0.300. The Morgan fingerprint density at radius 1 is 1.03 bits per heavy atom. The Balaban J connectivity index is 1.30. The third-order valence-electron chi connectivity index (χ3n) is 5.28. The number of fused-ring (bicyclic) bond motifs is 1. The molecule has 0 spiro atoms. The van der Waals surface area contributed by atoms with E-state index < -0.39 is 10.0 Å². The van der Waals surface area contributed by atoms with Crippen LogP contribution in [0.1, 0.15) is 11.5 Å². The predicted molar refractivity (Wildman–Crippen MR) is 114 cm³/mol. The molecule has 1 aromatic carbocycles. The molecule has 0 amide bonds. The lowest BCUT2D eigenvalue weighted by Gasteiger charge is -2.34. The van der Waals surface area contributed by atoms with E-state index in [9.17, 15) is 8.42 Å². The van der Waals surface area contributed by atoms with Crippen LogP contribution in [0.2, 0.25) is 0 Å². The summed E-state index contributed by atoms with van der Waals surface area (Å²) < 4.78 is 34.4. The van der Waals surface area contributed by atoms with Gasteiger partial charge in [0.05, 0.1) is 0 Å². The fourth-order valence-electron chi connectivity index (χ4n) is 3.72. The molecule has 0 radical (unpaired) electrons. The summed E-state index contributed by atoms with van der Waals surface area (Å²) in [6, 6.07) is 11.0. The van der Waals surface area contributed by atoms with Crippen LogP contribution in [0.15, 0.2) is 53.3 Å². The van der Waals surface area contributed by atoms with E-state index in [2.05, 4.69) is 25.1 Å². The van der Waals surface area contributed by atoms with Crippen molar-refractivity contribution in [3.8, 4) is 5.82 Å². The molecule has 0 atom stereocenters. The lowest BCUT2D eigenvalue weighted by atomic mass is 10.2. The van der Waals surface area contributed by atoms with E-state index in [1.165, 1.54) is 4.31 Å². The minimum atomic E-state index is -3.52. The molecule has 0 bridgehead atoms. The highest BCUT2D eigenvalue weighted by Crippen LogP contribution is 2.23. The van der Waals surface area contributed by atoms with Crippen molar-refractivity contribution in [2.45, 2.75) is 12.7 Å². The molecule has 1 aliphatic heterocycles. The second-order valence-electron chi connectivity index (χ2n) is 7.35. The second-order valence-corrected chi connectivity index (χ2v) is 9.32. The van der Waals surface area contributed by atoms with Crippen molar-refractivity contribution in [2.75, 3.05) is 31.1 Å². The van der Waals surface area contributed by atoms with Gasteiger partial charge in [-0.3, -0.25) is 0 Å². The van der Waals surface area contributed by atoms with Crippen molar-refractivity contribution < 1.29 is 12.9 Å². The average Bonchev–Trinajstić information content (AvgIpc) is 3.44. The Kier molecular flexibility index (Phi) is 4.91. The molecular weight excluding hydrogens is 418 g/mol. The van der Waals surface area contributed by atoms with E-state index in [1.54, 1.807) is 16.9 Å². The molecule has 0 unspecified atom stereocenters. The summed E-state index contributed by atoms with van der Waals surface area (Å²) >= 11 is 0. The summed E-state index contributed by atoms with van der Waals surface area (Å²) in [5.41, 5.74) is 1.03. The molecule has 11 heteroatoms. The monoisotopic (exact) mass is 439 g/mol. The van der Waals surface area contributed by atoms with E-state index in [-0.39, 0.29) is 5.75 Å². The highest BCUT2D eigenvalue weighted by atomic mass is 32.2. The zero-order chi connectivity index (χ0) is 21.4. The smallest absolute Gasteiger partial charge is 0.220 e. The molecule has 0 aliphatic carbocycles. The van der Waals surface area contributed by atoms with Crippen LogP contribution in [0.4, 0.5) is 5.82 Å². The van der Waals surface area contributed by atoms with E-state index in [1.807, 2.05) is 43.5 Å². The molecule has 31 heavy (non-hydrogen) atoms. The van der Waals surface area contributed by atoms with E-state index in [0.717, 1.165) is 11.2 Å². The summed E-state index contributed by atoms with van der Waals surface area (Å²) in [7, 11) is -3.52. The Labute approximate surface area is 179 Å². The number of benzene rings is 1. The van der Waals surface area contributed by atoms with Gasteiger partial charge in [-0.2, -0.15) is 9.40 Å². The van der Waals surface area contributed by atoms with E-state index in [0.29, 0.717) is 49.1 Å². The van der Waals surface area contributed by atoms with Crippen molar-refractivity contribution in [2.24, 2.45) is 0 Å². The minimum absolute atomic E-state index is 0.180. The van der Waals surface area contributed by atoms with Gasteiger partial charge in [-0.25, -0.2) is 23.1 Å². The van der Waals surface area contributed by atoms with Gasteiger partial charge in [-0.1, -0.05) is 17.3 Å². The van der Waals surface area contributed by atoms with Gasteiger partial charge in [0.25, 0.3) is 0 Å². The van der Waals surface area contributed by atoms with Gasteiger partial charge in [-0.15, -0.1) is 0 Å². The van der Waals surface area contributed by atoms with Crippen LogP contribution in [-0.2, 0) is 15.8 Å². The number of hydrogen-bond acceptors (Lipinski definition) is 8. The number of piperazine rings is 1. The predicted octanol–water partition coefficient (Wildman–Crippen LogP) is 1.76. The SMILES string of the molecule is Cc1nc(N2CCN(S(=O)(=O)Cc3noc4ccccc34)CC2)cc(-n2cccn2)n1. The number of aryl methyl sites for hydroxylation is 1. The summed E-state index contributed by atoms with van der Waals surface area (Å²) in [4.78, 5) is 11.0. The number of aromatic nitrogens is 5. The van der Waals surface area contributed by atoms with Crippen molar-refractivity contribution in [1.29, 1.82) is 0 Å². The molecular formula is C20H21N7O3S. The minimum Gasteiger partial charge on any atom is -0.356 e. The largest absolute Gasteiger partial charge is 0.356 e. The second kappa shape index (κ2) is 7.75. The maximum absolute atomic E-state index is 13.0. The van der Waals surface area contributed by atoms with Crippen molar-refractivity contribution >= 4 is 26.8 Å². The van der Waals surface area contributed by atoms with Crippen molar-refractivity contribution in [3.05, 3.63) is 60.3 Å². The van der Waals surface area contributed by atoms with Gasteiger partial charge in [0.15, 0.2) is 11.4 Å². The molecule has 1 saturated heterocycles. The molecule has 1 fully saturated rings. The van der Waals surface area contributed by atoms with Gasteiger partial charge in [0, 0.05) is 50.0 Å². The average molecular weight is 440 g/mol. The normalized spacial score (nSPS) is 15.6. The summed E-state index contributed by atoms with van der Waals surface area (Å²) in [6.45, 7) is 3.65. The van der Waals surface area contributed by atoms with Gasteiger partial charge in [-0.05, 0) is 25.1 Å². The summed E-state index contributed by atoms with van der Waals surface area (Å²) in [5, 5.41) is 8.92. The molecule has 10 nitrogen and oxygen atoms in total. The van der Waals surface area contributed by atoms with Crippen LogP contribution in [-0.4, -0.2) is 63.8 Å². The van der Waals surface area contributed by atoms with Gasteiger partial charge < -0.3 is 9.42 Å². The Hall–Kier alpha value is -3.31. The number of hydrogen-bond donors (Lipinski definition) is 0. The number of rotatable bonds is 5. The van der Waals surface area contributed by atoms with Crippen LogP contribution in [0, 0.1) is 6.92 Å². The Bertz CT molecular complexity index is 1310. The molecule has 1 aliphatic rings. The number of nitrogens with zero attached hydrogens (tertiary/aromatic N) is 7. The lowest BCUT2D eigenvalue weighted by Crippen LogP contribution is -2.49. The lowest BCUT2D eigenvalue weighted by molar-refractivity contribution is 0.381. The first-order valence-corrected chi connectivity index (χ1v) is 11.5. The zero-order valence-electron chi connectivity index (χ0n) is 16.9. The number of sulfonamides is 1. The quantitative estimate of drug-likeness (QED) is 0.463. The zero-order valence-corrected chi connectivity index (χ0v) is 17.7. The number of para-hydroxylation sites is 1. The maximum atomic E-state index is 13.0. The molecule has 3 aromatic heterocycles. The molecule has 0 saturated carbocycles. The van der Waals surface area contributed by atoms with Gasteiger partial charge in [0.1, 0.15) is 23.1 Å². The van der Waals surface area contributed by atoms with Gasteiger partial charge >= 0.3 is 0 Å². The first-order valence-electron chi connectivity index (χ1n) is 9.91. The maximum Gasteiger partial charge on any atom is 0.220 e. The third-order valence-corrected chi connectivity index (χ3v) is 7.07. The fourth-order valence-corrected chi connectivity index (χ4v) is 5.18. The first-order chi connectivity index (χ1) is 15.0. The third kappa shape index (κ3) is 3.89. The standard InChI is InChI=1S/C20H21N7O3S/c1-15-22-19(13-20(23-15)27-8-4-7-21-27)25-9-11-26(12-10-25)31(28,29)14-17-16-5-2-3-6-18(16)30-24-17/h2-8,13H,9-12,14H2,1H3. The van der Waals surface area contributed by atoms with Crippen LogP contribution in [0.25, 0.3) is 16.8 Å². The molecule has 160 valence electrons. The molecule has 4 heterocycles. The number of anilines is 1. The Morgan fingerprint density at radius 2 is 1.81 bits per heavy atom. The molecule has 0 N–H and O–H groups in total. The molecule has 4 aromatic rings. The van der Waals surface area contributed by atoms with Crippen LogP contribution < -0.4 is 4.90 Å². The van der Waals surface area contributed by atoms with Crippen molar-refractivity contribution in [1.82, 2.24) is 29.2 Å². The van der Waals surface area contributed by atoms with Crippen LogP contribution in [0.3, 0.4) is 0 Å². The van der Waals surface area contributed by atoms with Crippen LogP contribution in [0.5, 0.6) is 0 Å². The summed E-state index contributed by atoms with van der Waals surface area (Å²) in [6.07, 6.45) is 3.52. The van der Waals surface area contributed by atoms with Gasteiger partial charge in [0.2, 0.25) is 10.0 Å². The van der Waals surface area contributed by atoms with Crippen molar-refractivity contribution in [3.63, 3.8) is 0 Å². The topological polar surface area (TPSA) is 110 Å². The Morgan fingerprint density at radius 3 is 2.58 bits per heavy atom.